The number of rotatable bonds is 5. The molecule has 19 heavy (non-hydrogen) atoms. The van der Waals surface area contributed by atoms with Crippen molar-refractivity contribution in [2.75, 3.05) is 7.11 Å². The van der Waals surface area contributed by atoms with Gasteiger partial charge in [-0.25, -0.2) is 8.78 Å². The molecule has 0 fully saturated rings. The fourth-order valence-corrected chi connectivity index (χ4v) is 1.75. The van der Waals surface area contributed by atoms with E-state index in [-0.39, 0.29) is 0 Å². The molecule has 0 heterocycles. The molecule has 0 aromatic heterocycles. The van der Waals surface area contributed by atoms with Gasteiger partial charge in [0, 0.05) is 24.7 Å². The Bertz CT molecular complexity index is 540. The van der Waals surface area contributed by atoms with Gasteiger partial charge in [0.15, 0.2) is 0 Å². The van der Waals surface area contributed by atoms with Crippen LogP contribution in [0.5, 0.6) is 5.75 Å². The quantitative estimate of drug-likeness (QED) is 0.894. The second-order valence-electron chi connectivity index (χ2n) is 4.19. The number of ether oxygens (including phenoxy) is 1. The molecule has 0 saturated heterocycles. The van der Waals surface area contributed by atoms with E-state index in [0.717, 1.165) is 17.4 Å². The van der Waals surface area contributed by atoms with Crippen LogP contribution in [0.3, 0.4) is 0 Å². The zero-order valence-corrected chi connectivity index (χ0v) is 10.6. The molecule has 0 radical (unpaired) electrons. The minimum absolute atomic E-state index is 0.359. The molecule has 2 nitrogen and oxygen atoms in total. The number of hydrogen-bond acceptors (Lipinski definition) is 2. The number of hydrogen-bond donors (Lipinski definition) is 1. The molecule has 0 amide bonds. The summed E-state index contributed by atoms with van der Waals surface area (Å²) in [6.45, 7) is 0.971. The minimum Gasteiger partial charge on any atom is -0.497 e. The van der Waals surface area contributed by atoms with E-state index in [9.17, 15) is 8.78 Å². The van der Waals surface area contributed by atoms with Crippen LogP contribution in [0.4, 0.5) is 8.78 Å². The van der Waals surface area contributed by atoms with Crippen LogP contribution in [-0.4, -0.2) is 7.11 Å². The molecule has 1 N–H and O–H groups in total. The lowest BCUT2D eigenvalue weighted by Gasteiger charge is -2.07. The Hall–Kier alpha value is -1.94. The Kier molecular flexibility index (Phi) is 4.47. The van der Waals surface area contributed by atoms with Gasteiger partial charge in [-0.2, -0.15) is 0 Å². The SMILES string of the molecule is COc1ccc(CNCc2ccc(F)cc2F)cc1. The van der Waals surface area contributed by atoms with Gasteiger partial charge in [0.2, 0.25) is 0 Å². The molecule has 0 aliphatic rings. The fourth-order valence-electron chi connectivity index (χ4n) is 1.75. The van der Waals surface area contributed by atoms with Crippen molar-refractivity contribution in [3.8, 4) is 5.75 Å². The summed E-state index contributed by atoms with van der Waals surface area (Å²) in [7, 11) is 1.62. The third kappa shape index (κ3) is 3.76. The third-order valence-electron chi connectivity index (χ3n) is 2.82. The predicted octanol–water partition coefficient (Wildman–Crippen LogP) is 3.26. The average Bonchev–Trinajstić information content (AvgIpc) is 2.42. The Labute approximate surface area is 111 Å². The van der Waals surface area contributed by atoms with Crippen molar-refractivity contribution in [2.45, 2.75) is 13.1 Å². The molecule has 0 bridgehead atoms. The highest BCUT2D eigenvalue weighted by Crippen LogP contribution is 2.12. The van der Waals surface area contributed by atoms with E-state index in [4.69, 9.17) is 4.74 Å². The van der Waals surface area contributed by atoms with Crippen LogP contribution in [0.2, 0.25) is 0 Å². The van der Waals surface area contributed by atoms with Gasteiger partial charge in [0.25, 0.3) is 0 Å². The highest BCUT2D eigenvalue weighted by molar-refractivity contribution is 5.27. The maximum atomic E-state index is 13.4. The van der Waals surface area contributed by atoms with Gasteiger partial charge in [-0.1, -0.05) is 18.2 Å². The molecule has 2 aromatic rings. The summed E-state index contributed by atoms with van der Waals surface area (Å²) in [6, 6.07) is 11.2. The van der Waals surface area contributed by atoms with E-state index < -0.39 is 11.6 Å². The van der Waals surface area contributed by atoms with Crippen LogP contribution in [0, 0.1) is 11.6 Å². The van der Waals surface area contributed by atoms with Crippen molar-refractivity contribution in [3.63, 3.8) is 0 Å². The third-order valence-corrected chi connectivity index (χ3v) is 2.82. The first-order valence-electron chi connectivity index (χ1n) is 5.96. The molecule has 0 aliphatic carbocycles. The normalized spacial score (nSPS) is 10.5. The molecule has 0 aliphatic heterocycles. The number of nitrogens with one attached hydrogen (secondary N) is 1. The van der Waals surface area contributed by atoms with Crippen LogP contribution >= 0.6 is 0 Å². The van der Waals surface area contributed by atoms with Gasteiger partial charge in [-0.3, -0.25) is 0 Å². The molecule has 0 atom stereocenters. The molecule has 0 unspecified atom stereocenters. The highest BCUT2D eigenvalue weighted by atomic mass is 19.1. The first-order valence-corrected chi connectivity index (χ1v) is 5.96. The molecule has 100 valence electrons. The summed E-state index contributed by atoms with van der Waals surface area (Å²) in [4.78, 5) is 0. The average molecular weight is 263 g/mol. The number of methoxy groups -OCH3 is 1. The fraction of sp³-hybridized carbons (Fsp3) is 0.200. The largest absolute Gasteiger partial charge is 0.497 e. The maximum Gasteiger partial charge on any atom is 0.130 e. The van der Waals surface area contributed by atoms with E-state index in [1.165, 1.54) is 12.1 Å². The predicted molar refractivity (Wildman–Crippen MR) is 69.9 cm³/mol. The zero-order chi connectivity index (χ0) is 13.7. The van der Waals surface area contributed by atoms with Crippen LogP contribution in [-0.2, 0) is 13.1 Å². The topological polar surface area (TPSA) is 21.3 Å². The van der Waals surface area contributed by atoms with Crippen molar-refractivity contribution in [1.29, 1.82) is 0 Å². The van der Waals surface area contributed by atoms with Crippen LogP contribution in [0.25, 0.3) is 0 Å². The van der Waals surface area contributed by atoms with Crippen molar-refractivity contribution in [1.82, 2.24) is 5.32 Å². The lowest BCUT2D eigenvalue weighted by molar-refractivity contribution is 0.414. The minimum atomic E-state index is -0.559. The molecule has 4 heteroatoms. The summed E-state index contributed by atoms with van der Waals surface area (Å²) in [5.41, 5.74) is 1.53. The highest BCUT2D eigenvalue weighted by Gasteiger charge is 2.03. The Morgan fingerprint density at radius 1 is 1.00 bits per heavy atom. The molecular formula is C15H15F2NO. The lowest BCUT2D eigenvalue weighted by atomic mass is 10.2. The van der Waals surface area contributed by atoms with E-state index in [0.29, 0.717) is 18.7 Å². The Morgan fingerprint density at radius 3 is 2.37 bits per heavy atom. The summed E-state index contributed by atoms with van der Waals surface area (Å²) in [6.07, 6.45) is 0. The lowest BCUT2D eigenvalue weighted by Crippen LogP contribution is -2.13. The summed E-state index contributed by atoms with van der Waals surface area (Å²) >= 11 is 0. The van der Waals surface area contributed by atoms with Crippen molar-refractivity contribution in [2.24, 2.45) is 0 Å². The first-order chi connectivity index (χ1) is 9.19. The van der Waals surface area contributed by atoms with Gasteiger partial charge in [-0.15, -0.1) is 0 Å². The molecule has 0 spiro atoms. The standard InChI is InChI=1S/C15H15F2NO/c1-19-14-6-2-11(3-7-14)9-18-10-12-4-5-13(16)8-15(12)17/h2-8,18H,9-10H2,1H3. The van der Waals surface area contributed by atoms with Gasteiger partial charge >= 0.3 is 0 Å². The molecular weight excluding hydrogens is 248 g/mol. The molecule has 2 rings (SSSR count). The second-order valence-corrected chi connectivity index (χ2v) is 4.19. The van der Waals surface area contributed by atoms with E-state index in [1.54, 1.807) is 7.11 Å². The van der Waals surface area contributed by atoms with Gasteiger partial charge in [0.05, 0.1) is 7.11 Å². The monoisotopic (exact) mass is 263 g/mol. The van der Waals surface area contributed by atoms with E-state index in [1.807, 2.05) is 24.3 Å². The Morgan fingerprint density at radius 2 is 1.74 bits per heavy atom. The summed E-state index contributed by atoms with van der Waals surface area (Å²) < 4.78 is 31.2. The second kappa shape index (κ2) is 6.29. The summed E-state index contributed by atoms with van der Waals surface area (Å²) in [5.74, 6) is -0.285. The van der Waals surface area contributed by atoms with Crippen molar-refractivity contribution in [3.05, 3.63) is 65.2 Å². The van der Waals surface area contributed by atoms with Crippen molar-refractivity contribution >= 4 is 0 Å². The van der Waals surface area contributed by atoms with E-state index in [2.05, 4.69) is 5.32 Å². The maximum absolute atomic E-state index is 13.4. The van der Waals surface area contributed by atoms with Crippen LogP contribution in [0.15, 0.2) is 42.5 Å². The smallest absolute Gasteiger partial charge is 0.130 e. The zero-order valence-electron chi connectivity index (χ0n) is 10.6. The molecule has 0 saturated carbocycles. The number of benzene rings is 2. The summed E-state index contributed by atoms with van der Waals surface area (Å²) in [5, 5.41) is 3.11. The van der Waals surface area contributed by atoms with Crippen molar-refractivity contribution < 1.29 is 13.5 Å². The number of halogens is 2. The van der Waals surface area contributed by atoms with Gasteiger partial charge < -0.3 is 10.1 Å². The van der Waals surface area contributed by atoms with Crippen LogP contribution < -0.4 is 10.1 Å². The molecule has 2 aromatic carbocycles. The van der Waals surface area contributed by atoms with Crippen LogP contribution in [0.1, 0.15) is 11.1 Å². The van der Waals surface area contributed by atoms with E-state index >= 15 is 0 Å². The van der Waals surface area contributed by atoms with Gasteiger partial charge in [0.1, 0.15) is 17.4 Å². The Balaban J connectivity index is 1.88. The van der Waals surface area contributed by atoms with Gasteiger partial charge in [-0.05, 0) is 23.8 Å². The first kappa shape index (κ1) is 13.5.